The van der Waals surface area contributed by atoms with Gasteiger partial charge in [-0.3, -0.25) is 0 Å². The number of rotatable bonds is 9. The van der Waals surface area contributed by atoms with Crippen LogP contribution in [0.4, 0.5) is 8.78 Å². The summed E-state index contributed by atoms with van der Waals surface area (Å²) in [6, 6.07) is 1.31. The smallest absolute Gasteiger partial charge is 0.261 e. The molecule has 0 bridgehead atoms. The van der Waals surface area contributed by atoms with Crippen LogP contribution in [0.2, 0.25) is 0 Å². The number of ether oxygens (including phenoxy) is 1. The maximum atomic E-state index is 13.6. The molecule has 3 nitrogen and oxygen atoms in total. The summed E-state index contributed by atoms with van der Waals surface area (Å²) in [5, 5.41) is 0. The number of hydrogen-bond donors (Lipinski definition) is 0. The van der Waals surface area contributed by atoms with E-state index in [9.17, 15) is 17.2 Å². The van der Waals surface area contributed by atoms with E-state index in [2.05, 4.69) is 6.92 Å². The summed E-state index contributed by atoms with van der Waals surface area (Å²) in [6.45, 7) is 2.31. The van der Waals surface area contributed by atoms with Crippen LogP contribution >= 0.6 is 10.7 Å². The van der Waals surface area contributed by atoms with Gasteiger partial charge in [-0.15, -0.1) is 0 Å². The lowest BCUT2D eigenvalue weighted by atomic mass is 10.1. The standard InChI is InChI=1S/C14H19ClF2O3S/c1-2-3-4-5-6-7-8-20-14-12(16)9-11(10-13(14)17)21(15,18)19/h9-10H,2-8H2,1H3. The summed E-state index contributed by atoms with van der Waals surface area (Å²) in [7, 11) is 0.874. The van der Waals surface area contributed by atoms with Gasteiger partial charge in [0.05, 0.1) is 11.5 Å². The molecule has 0 saturated heterocycles. The van der Waals surface area contributed by atoms with E-state index in [0.29, 0.717) is 18.6 Å². The first-order valence-electron chi connectivity index (χ1n) is 6.92. The van der Waals surface area contributed by atoms with E-state index in [1.807, 2.05) is 0 Å². The van der Waals surface area contributed by atoms with E-state index in [1.54, 1.807) is 0 Å². The molecule has 0 fully saturated rings. The van der Waals surface area contributed by atoms with Gasteiger partial charge in [-0.2, -0.15) is 0 Å². The Hall–Kier alpha value is -0.880. The first kappa shape index (κ1) is 18.2. The molecule has 0 heterocycles. The second-order valence-corrected chi connectivity index (χ2v) is 7.34. The van der Waals surface area contributed by atoms with Crippen molar-refractivity contribution in [2.24, 2.45) is 0 Å². The Morgan fingerprint density at radius 3 is 2.10 bits per heavy atom. The van der Waals surface area contributed by atoms with E-state index in [4.69, 9.17) is 15.4 Å². The summed E-state index contributed by atoms with van der Waals surface area (Å²) in [6.07, 6.45) is 6.16. The van der Waals surface area contributed by atoms with Gasteiger partial charge in [0.15, 0.2) is 17.4 Å². The van der Waals surface area contributed by atoms with Crippen molar-refractivity contribution < 1.29 is 21.9 Å². The van der Waals surface area contributed by atoms with Gasteiger partial charge in [0.25, 0.3) is 9.05 Å². The van der Waals surface area contributed by atoms with Crippen molar-refractivity contribution in [1.29, 1.82) is 0 Å². The molecule has 21 heavy (non-hydrogen) atoms. The predicted molar refractivity (Wildman–Crippen MR) is 78.3 cm³/mol. The lowest BCUT2D eigenvalue weighted by molar-refractivity contribution is 0.274. The third kappa shape index (κ3) is 6.18. The highest BCUT2D eigenvalue weighted by atomic mass is 35.7. The average Bonchev–Trinajstić information content (AvgIpc) is 2.39. The van der Waals surface area contributed by atoms with E-state index in [0.717, 1.165) is 25.7 Å². The van der Waals surface area contributed by atoms with Gasteiger partial charge >= 0.3 is 0 Å². The van der Waals surface area contributed by atoms with Crippen LogP contribution in [0.15, 0.2) is 17.0 Å². The zero-order chi connectivity index (χ0) is 15.9. The van der Waals surface area contributed by atoms with Crippen molar-refractivity contribution in [3.63, 3.8) is 0 Å². The molecule has 0 aliphatic carbocycles. The maximum Gasteiger partial charge on any atom is 0.261 e. The molecule has 1 aromatic rings. The molecule has 0 aliphatic heterocycles. The van der Waals surface area contributed by atoms with Gasteiger partial charge in [0.1, 0.15) is 0 Å². The minimum absolute atomic E-state index is 0.187. The minimum Gasteiger partial charge on any atom is -0.488 e. The van der Waals surface area contributed by atoms with Crippen LogP contribution in [0.25, 0.3) is 0 Å². The van der Waals surface area contributed by atoms with Crippen molar-refractivity contribution in [2.75, 3.05) is 6.61 Å². The highest BCUT2D eigenvalue weighted by Gasteiger charge is 2.18. The summed E-state index contributed by atoms with van der Waals surface area (Å²) in [4.78, 5) is -0.619. The molecule has 120 valence electrons. The fourth-order valence-corrected chi connectivity index (χ4v) is 2.63. The molecule has 0 saturated carbocycles. The fourth-order valence-electron chi connectivity index (χ4n) is 1.87. The first-order chi connectivity index (χ1) is 9.86. The largest absolute Gasteiger partial charge is 0.488 e. The second kappa shape index (κ2) is 8.54. The number of hydrogen-bond acceptors (Lipinski definition) is 3. The molecular formula is C14H19ClF2O3S. The molecule has 0 spiro atoms. The predicted octanol–water partition coefficient (Wildman–Crippen LogP) is 4.63. The van der Waals surface area contributed by atoms with Gasteiger partial charge in [0, 0.05) is 10.7 Å². The molecule has 1 aromatic carbocycles. The summed E-state index contributed by atoms with van der Waals surface area (Å²) < 4.78 is 54.4. The number of benzene rings is 1. The molecule has 7 heteroatoms. The Labute approximate surface area is 128 Å². The van der Waals surface area contributed by atoms with Gasteiger partial charge < -0.3 is 4.74 Å². The third-order valence-corrected chi connectivity index (χ3v) is 4.33. The average molecular weight is 341 g/mol. The zero-order valence-corrected chi connectivity index (χ0v) is 13.4. The first-order valence-corrected chi connectivity index (χ1v) is 9.23. The lowest BCUT2D eigenvalue weighted by Crippen LogP contribution is -2.03. The summed E-state index contributed by atoms with van der Waals surface area (Å²) in [5.74, 6) is -2.70. The van der Waals surface area contributed by atoms with Crippen LogP contribution in [0.3, 0.4) is 0 Å². The third-order valence-electron chi connectivity index (χ3n) is 3.00. The van der Waals surface area contributed by atoms with Gasteiger partial charge in [0.2, 0.25) is 0 Å². The Kier molecular flexibility index (Phi) is 7.39. The monoisotopic (exact) mass is 340 g/mol. The van der Waals surface area contributed by atoms with E-state index >= 15 is 0 Å². The zero-order valence-electron chi connectivity index (χ0n) is 11.9. The highest BCUT2D eigenvalue weighted by molar-refractivity contribution is 8.13. The van der Waals surface area contributed by atoms with Crippen LogP contribution < -0.4 is 4.74 Å². The van der Waals surface area contributed by atoms with Gasteiger partial charge in [-0.1, -0.05) is 39.0 Å². The van der Waals surface area contributed by atoms with Crippen LogP contribution in [0.5, 0.6) is 5.75 Å². The molecule has 0 radical (unpaired) electrons. The SMILES string of the molecule is CCCCCCCCOc1c(F)cc(S(=O)(=O)Cl)cc1F. The van der Waals surface area contributed by atoms with Crippen molar-refractivity contribution in [1.82, 2.24) is 0 Å². The topological polar surface area (TPSA) is 43.4 Å². The normalized spacial score (nSPS) is 11.6. The lowest BCUT2D eigenvalue weighted by Gasteiger charge is -2.09. The Morgan fingerprint density at radius 1 is 1.05 bits per heavy atom. The molecule has 0 aliphatic rings. The van der Waals surface area contributed by atoms with Crippen LogP contribution in [0, 0.1) is 11.6 Å². The molecule has 0 N–H and O–H groups in total. The van der Waals surface area contributed by atoms with Crippen LogP contribution in [-0.4, -0.2) is 15.0 Å². The van der Waals surface area contributed by atoms with Crippen LogP contribution in [0.1, 0.15) is 45.4 Å². The van der Waals surface area contributed by atoms with Gasteiger partial charge in [-0.05, 0) is 18.6 Å². The Balaban J connectivity index is 2.53. The molecule has 0 amide bonds. The molecule has 0 unspecified atom stereocenters. The number of unbranched alkanes of at least 4 members (excludes halogenated alkanes) is 5. The van der Waals surface area contributed by atoms with E-state index in [1.165, 1.54) is 6.42 Å². The second-order valence-electron chi connectivity index (χ2n) is 4.77. The van der Waals surface area contributed by atoms with Crippen LogP contribution in [-0.2, 0) is 9.05 Å². The maximum absolute atomic E-state index is 13.6. The summed E-state index contributed by atoms with van der Waals surface area (Å²) in [5.41, 5.74) is 0. The van der Waals surface area contributed by atoms with Gasteiger partial charge in [-0.25, -0.2) is 17.2 Å². The molecule has 1 rings (SSSR count). The van der Waals surface area contributed by atoms with E-state index in [-0.39, 0.29) is 6.61 Å². The molecule has 0 aromatic heterocycles. The molecule has 0 atom stereocenters. The number of halogens is 3. The van der Waals surface area contributed by atoms with Crippen molar-refractivity contribution in [2.45, 2.75) is 50.3 Å². The van der Waals surface area contributed by atoms with Crippen molar-refractivity contribution in [3.8, 4) is 5.75 Å². The Morgan fingerprint density at radius 2 is 1.57 bits per heavy atom. The Bertz CT molecular complexity index is 538. The van der Waals surface area contributed by atoms with Crippen molar-refractivity contribution >= 4 is 19.7 Å². The van der Waals surface area contributed by atoms with E-state index < -0.39 is 31.3 Å². The molecular weight excluding hydrogens is 322 g/mol. The quantitative estimate of drug-likeness (QED) is 0.486. The summed E-state index contributed by atoms with van der Waals surface area (Å²) >= 11 is 0. The minimum atomic E-state index is -4.17. The fraction of sp³-hybridized carbons (Fsp3) is 0.571. The highest BCUT2D eigenvalue weighted by Crippen LogP contribution is 2.27. The van der Waals surface area contributed by atoms with Crippen molar-refractivity contribution in [3.05, 3.63) is 23.8 Å².